The normalized spacial score (nSPS) is 10.7. The lowest BCUT2D eigenvalue weighted by Gasteiger charge is -2.12. The molecule has 0 radical (unpaired) electrons. The number of ether oxygens (including phenoxy) is 2. The molecule has 0 saturated carbocycles. The summed E-state index contributed by atoms with van der Waals surface area (Å²) in [4.78, 5) is 11.5. The van der Waals surface area contributed by atoms with E-state index >= 15 is 0 Å². The molecule has 0 atom stereocenters. The highest BCUT2D eigenvalue weighted by Gasteiger charge is 2.12. The second-order valence-electron chi connectivity index (χ2n) is 6.27. The number of aromatic amines is 1. The SMILES string of the molecule is CC(=O)c1ccc(OCCCCOc2ccc(-c3nn[nH]n3)cc2)c(C)c1Cl. The number of hydrogen-bond donors (Lipinski definition) is 1. The molecule has 0 fully saturated rings. The molecule has 1 aromatic heterocycles. The Morgan fingerprint density at radius 2 is 1.79 bits per heavy atom. The molecule has 3 aromatic rings. The largest absolute Gasteiger partial charge is 0.494 e. The Morgan fingerprint density at radius 3 is 2.43 bits per heavy atom. The number of halogens is 1. The molecule has 3 rings (SSSR count). The van der Waals surface area contributed by atoms with Crippen molar-refractivity contribution in [2.24, 2.45) is 0 Å². The zero-order chi connectivity index (χ0) is 19.9. The number of aromatic nitrogens is 4. The van der Waals surface area contributed by atoms with Crippen LogP contribution in [0.25, 0.3) is 11.4 Å². The van der Waals surface area contributed by atoms with Crippen molar-refractivity contribution in [1.29, 1.82) is 0 Å². The van der Waals surface area contributed by atoms with E-state index in [0.29, 0.717) is 35.4 Å². The van der Waals surface area contributed by atoms with Crippen molar-refractivity contribution < 1.29 is 14.3 Å². The molecule has 146 valence electrons. The van der Waals surface area contributed by atoms with E-state index in [1.165, 1.54) is 6.92 Å². The van der Waals surface area contributed by atoms with Crippen LogP contribution >= 0.6 is 11.6 Å². The minimum atomic E-state index is -0.0536. The van der Waals surface area contributed by atoms with E-state index in [1.807, 2.05) is 31.2 Å². The Hall–Kier alpha value is -2.93. The van der Waals surface area contributed by atoms with Gasteiger partial charge in [-0.05, 0) is 68.3 Å². The molecule has 0 bridgehead atoms. The first-order chi connectivity index (χ1) is 13.6. The average molecular weight is 401 g/mol. The van der Waals surface area contributed by atoms with Crippen molar-refractivity contribution in [3.8, 4) is 22.9 Å². The van der Waals surface area contributed by atoms with Crippen LogP contribution in [0, 0.1) is 6.92 Å². The van der Waals surface area contributed by atoms with Crippen molar-refractivity contribution >= 4 is 17.4 Å². The van der Waals surface area contributed by atoms with Gasteiger partial charge in [0, 0.05) is 16.7 Å². The van der Waals surface area contributed by atoms with Gasteiger partial charge in [-0.15, -0.1) is 10.2 Å². The lowest BCUT2D eigenvalue weighted by atomic mass is 10.1. The van der Waals surface area contributed by atoms with Crippen LogP contribution in [0.4, 0.5) is 0 Å². The number of H-pyrrole nitrogens is 1. The van der Waals surface area contributed by atoms with Crippen LogP contribution in [-0.4, -0.2) is 39.6 Å². The summed E-state index contributed by atoms with van der Waals surface area (Å²) in [5.41, 5.74) is 2.18. The van der Waals surface area contributed by atoms with Gasteiger partial charge in [0.2, 0.25) is 5.82 Å². The molecule has 8 heteroatoms. The van der Waals surface area contributed by atoms with Gasteiger partial charge in [0.15, 0.2) is 5.78 Å². The Balaban J connectivity index is 1.40. The number of ketones is 1. The molecule has 0 unspecified atom stereocenters. The summed E-state index contributed by atoms with van der Waals surface area (Å²) < 4.78 is 11.5. The fraction of sp³-hybridized carbons (Fsp3) is 0.300. The number of tetrazole rings is 1. The first kappa shape index (κ1) is 19.8. The molecule has 1 heterocycles. The van der Waals surface area contributed by atoms with Gasteiger partial charge in [-0.25, -0.2) is 0 Å². The van der Waals surface area contributed by atoms with E-state index in [2.05, 4.69) is 20.6 Å². The van der Waals surface area contributed by atoms with Gasteiger partial charge in [0.1, 0.15) is 11.5 Å². The molecule has 1 N–H and O–H groups in total. The summed E-state index contributed by atoms with van der Waals surface area (Å²) in [6.07, 6.45) is 1.69. The van der Waals surface area contributed by atoms with Crippen LogP contribution in [0.5, 0.6) is 11.5 Å². The third-order valence-corrected chi connectivity index (χ3v) is 4.73. The number of unbranched alkanes of at least 4 members (excludes halogenated alkanes) is 1. The lowest BCUT2D eigenvalue weighted by Crippen LogP contribution is -2.04. The Kier molecular flexibility index (Phi) is 6.60. The van der Waals surface area contributed by atoms with E-state index in [4.69, 9.17) is 21.1 Å². The molecule has 2 aromatic carbocycles. The molecule has 0 aliphatic heterocycles. The Bertz CT molecular complexity index is 927. The standard InChI is InChI=1S/C20H21ClN4O3/c1-13-18(10-9-17(14(2)26)19(13)21)28-12-4-3-11-27-16-7-5-15(6-8-16)20-22-24-25-23-20/h5-10H,3-4,11-12H2,1-2H3,(H,22,23,24,25). The van der Waals surface area contributed by atoms with Gasteiger partial charge in [0.25, 0.3) is 0 Å². The molecule has 0 aliphatic rings. The van der Waals surface area contributed by atoms with Crippen LogP contribution in [0.15, 0.2) is 36.4 Å². The van der Waals surface area contributed by atoms with Gasteiger partial charge in [0.05, 0.1) is 18.2 Å². The van der Waals surface area contributed by atoms with Crippen molar-refractivity contribution in [3.05, 3.63) is 52.5 Å². The molecule has 28 heavy (non-hydrogen) atoms. The quantitative estimate of drug-likeness (QED) is 0.426. The van der Waals surface area contributed by atoms with Gasteiger partial charge in [-0.2, -0.15) is 5.21 Å². The maximum atomic E-state index is 11.5. The zero-order valence-electron chi connectivity index (χ0n) is 15.7. The van der Waals surface area contributed by atoms with Crippen molar-refractivity contribution in [2.75, 3.05) is 13.2 Å². The smallest absolute Gasteiger partial charge is 0.204 e. The van der Waals surface area contributed by atoms with E-state index < -0.39 is 0 Å². The number of nitrogens with one attached hydrogen (secondary N) is 1. The maximum Gasteiger partial charge on any atom is 0.204 e. The first-order valence-corrected chi connectivity index (χ1v) is 9.33. The van der Waals surface area contributed by atoms with Crippen molar-refractivity contribution in [3.63, 3.8) is 0 Å². The van der Waals surface area contributed by atoms with Gasteiger partial charge in [-0.3, -0.25) is 4.79 Å². The highest BCUT2D eigenvalue weighted by Crippen LogP contribution is 2.29. The molecule has 0 spiro atoms. The summed E-state index contributed by atoms with van der Waals surface area (Å²) in [5, 5.41) is 14.3. The Morgan fingerprint density at radius 1 is 1.07 bits per heavy atom. The van der Waals surface area contributed by atoms with Gasteiger partial charge >= 0.3 is 0 Å². The monoisotopic (exact) mass is 400 g/mol. The van der Waals surface area contributed by atoms with Gasteiger partial charge < -0.3 is 9.47 Å². The number of nitrogens with zero attached hydrogens (tertiary/aromatic N) is 3. The third-order valence-electron chi connectivity index (χ3n) is 4.24. The highest BCUT2D eigenvalue weighted by molar-refractivity contribution is 6.34. The van der Waals surface area contributed by atoms with E-state index in [-0.39, 0.29) is 5.78 Å². The summed E-state index contributed by atoms with van der Waals surface area (Å²) in [6.45, 7) is 4.50. The van der Waals surface area contributed by atoms with E-state index in [9.17, 15) is 4.79 Å². The fourth-order valence-electron chi connectivity index (χ4n) is 2.66. The predicted molar refractivity (Wildman–Crippen MR) is 106 cm³/mol. The average Bonchev–Trinajstić information content (AvgIpc) is 3.22. The Labute approximate surface area is 168 Å². The van der Waals surface area contributed by atoms with Crippen LogP contribution in [0.1, 0.15) is 35.7 Å². The third kappa shape index (κ3) is 4.86. The minimum absolute atomic E-state index is 0.0536. The van der Waals surface area contributed by atoms with Crippen LogP contribution < -0.4 is 9.47 Å². The molecular weight excluding hydrogens is 380 g/mol. The molecule has 0 amide bonds. The minimum Gasteiger partial charge on any atom is -0.494 e. The van der Waals surface area contributed by atoms with Crippen molar-refractivity contribution in [1.82, 2.24) is 20.6 Å². The van der Waals surface area contributed by atoms with Crippen molar-refractivity contribution in [2.45, 2.75) is 26.7 Å². The molecule has 7 nitrogen and oxygen atoms in total. The lowest BCUT2D eigenvalue weighted by molar-refractivity contribution is 0.101. The second-order valence-corrected chi connectivity index (χ2v) is 6.65. The van der Waals surface area contributed by atoms with Crippen LogP contribution in [0.3, 0.4) is 0 Å². The number of Topliss-reactive ketones (excluding diaryl/α,β-unsaturated/α-hetero) is 1. The van der Waals surface area contributed by atoms with Crippen LogP contribution in [-0.2, 0) is 0 Å². The zero-order valence-corrected chi connectivity index (χ0v) is 16.5. The molecule has 0 aliphatic carbocycles. The maximum absolute atomic E-state index is 11.5. The number of benzene rings is 2. The topological polar surface area (TPSA) is 90.0 Å². The van der Waals surface area contributed by atoms with Gasteiger partial charge in [-0.1, -0.05) is 11.6 Å². The number of rotatable bonds is 9. The summed E-state index contributed by atoms with van der Waals surface area (Å²) in [7, 11) is 0. The first-order valence-electron chi connectivity index (χ1n) is 8.96. The summed E-state index contributed by atoms with van der Waals surface area (Å²) in [6, 6.07) is 11.0. The predicted octanol–water partition coefficient (Wildman–Crippen LogP) is 4.27. The van der Waals surface area contributed by atoms with E-state index in [1.54, 1.807) is 12.1 Å². The number of carbonyl (C=O) groups excluding carboxylic acids is 1. The summed E-state index contributed by atoms with van der Waals surface area (Å²) in [5.74, 6) is 1.99. The van der Waals surface area contributed by atoms with Crippen LogP contribution in [0.2, 0.25) is 5.02 Å². The number of hydrogen-bond acceptors (Lipinski definition) is 6. The van der Waals surface area contributed by atoms with E-state index in [0.717, 1.165) is 29.7 Å². The summed E-state index contributed by atoms with van der Waals surface area (Å²) >= 11 is 6.23. The highest BCUT2D eigenvalue weighted by atomic mass is 35.5. The molecular formula is C20H21ClN4O3. The fourth-order valence-corrected chi connectivity index (χ4v) is 2.95. The molecule has 0 saturated heterocycles. The number of carbonyl (C=O) groups is 1. The second kappa shape index (κ2) is 9.32.